The average Bonchev–Trinajstić information content (AvgIpc) is 2.27. The molecule has 0 aromatic carbocycles. The maximum absolute atomic E-state index is 11.4. The van der Waals surface area contributed by atoms with Crippen LogP contribution in [0.3, 0.4) is 0 Å². The maximum atomic E-state index is 11.4. The van der Waals surface area contributed by atoms with E-state index >= 15 is 0 Å². The molecule has 1 saturated carbocycles. The Morgan fingerprint density at radius 2 is 1.77 bits per heavy atom. The van der Waals surface area contributed by atoms with Crippen LogP contribution in [-0.2, 0) is 14.3 Å². The zero-order valence-electron chi connectivity index (χ0n) is 8.80. The Morgan fingerprint density at radius 3 is 2.00 bits per heavy atom. The van der Waals surface area contributed by atoms with E-state index < -0.39 is 16.9 Å². The Labute approximate surface area is 78.5 Å². The van der Waals surface area contributed by atoms with E-state index in [0.29, 0.717) is 0 Å². The van der Waals surface area contributed by atoms with Gasteiger partial charge in [0.1, 0.15) is 11.5 Å². The van der Waals surface area contributed by atoms with Crippen LogP contribution in [0.4, 0.5) is 0 Å². The van der Waals surface area contributed by atoms with E-state index in [1.54, 1.807) is 34.6 Å². The van der Waals surface area contributed by atoms with Gasteiger partial charge in [0.15, 0.2) is 5.78 Å². The van der Waals surface area contributed by atoms with Crippen molar-refractivity contribution in [2.24, 2.45) is 11.3 Å². The second-order valence-corrected chi connectivity index (χ2v) is 5.05. The van der Waals surface area contributed by atoms with E-state index in [9.17, 15) is 9.59 Å². The molecule has 0 radical (unpaired) electrons. The van der Waals surface area contributed by atoms with Crippen LogP contribution in [0, 0.1) is 11.3 Å². The lowest BCUT2D eigenvalue weighted by Gasteiger charge is -2.19. The Morgan fingerprint density at radius 1 is 1.38 bits per heavy atom. The highest BCUT2D eigenvalue weighted by Crippen LogP contribution is 2.48. The van der Waals surface area contributed by atoms with Crippen LogP contribution in [0.5, 0.6) is 0 Å². The van der Waals surface area contributed by atoms with Crippen molar-refractivity contribution < 1.29 is 14.3 Å². The first-order valence-corrected chi connectivity index (χ1v) is 4.43. The fourth-order valence-electron chi connectivity index (χ4n) is 1.27. The molecular formula is C10H16O3. The number of Topliss-reactive ketones (excluding diaryl/α,β-unsaturated/α-hetero) is 1. The van der Waals surface area contributed by atoms with Gasteiger partial charge in [-0.3, -0.25) is 9.59 Å². The third-order valence-electron chi connectivity index (χ3n) is 2.18. The molecule has 0 amide bonds. The second-order valence-electron chi connectivity index (χ2n) is 5.05. The molecule has 1 aliphatic rings. The molecule has 0 aliphatic heterocycles. The van der Waals surface area contributed by atoms with Crippen molar-refractivity contribution in [1.82, 2.24) is 0 Å². The molecule has 3 heteroatoms. The van der Waals surface area contributed by atoms with Crippen molar-refractivity contribution in [3.8, 4) is 0 Å². The molecule has 13 heavy (non-hydrogen) atoms. The summed E-state index contributed by atoms with van der Waals surface area (Å²) in [4.78, 5) is 22.6. The summed E-state index contributed by atoms with van der Waals surface area (Å²) in [7, 11) is 0. The smallest absolute Gasteiger partial charge is 0.318 e. The lowest BCUT2D eigenvalue weighted by Crippen LogP contribution is -2.26. The number of rotatable bonds is 1. The first kappa shape index (κ1) is 10.2. The van der Waals surface area contributed by atoms with Crippen LogP contribution in [0.1, 0.15) is 34.6 Å². The van der Waals surface area contributed by atoms with Gasteiger partial charge in [0.25, 0.3) is 0 Å². The van der Waals surface area contributed by atoms with Crippen molar-refractivity contribution in [1.29, 1.82) is 0 Å². The molecule has 0 unspecified atom stereocenters. The SMILES string of the molecule is CC(C)(C)OC(=O)[C@H]1C(=O)C1(C)C. The van der Waals surface area contributed by atoms with Crippen molar-refractivity contribution in [3.05, 3.63) is 0 Å². The Balaban J connectivity index is 2.59. The highest BCUT2D eigenvalue weighted by molar-refractivity contribution is 6.17. The lowest BCUT2D eigenvalue weighted by atomic mass is 10.1. The zero-order chi connectivity index (χ0) is 10.4. The molecule has 0 N–H and O–H groups in total. The lowest BCUT2D eigenvalue weighted by molar-refractivity contribution is -0.157. The van der Waals surface area contributed by atoms with Gasteiger partial charge in [-0.1, -0.05) is 13.8 Å². The summed E-state index contributed by atoms with van der Waals surface area (Å²) >= 11 is 0. The van der Waals surface area contributed by atoms with E-state index in [2.05, 4.69) is 0 Å². The van der Waals surface area contributed by atoms with Gasteiger partial charge >= 0.3 is 5.97 Å². The second kappa shape index (κ2) is 2.56. The van der Waals surface area contributed by atoms with Crippen LogP contribution >= 0.6 is 0 Å². The first-order valence-electron chi connectivity index (χ1n) is 4.43. The molecule has 0 saturated heterocycles. The van der Waals surface area contributed by atoms with Crippen LogP contribution < -0.4 is 0 Å². The molecule has 0 aromatic heterocycles. The molecule has 1 fully saturated rings. The molecule has 0 heterocycles. The van der Waals surface area contributed by atoms with Crippen LogP contribution in [0.15, 0.2) is 0 Å². The van der Waals surface area contributed by atoms with Crippen LogP contribution in [0.2, 0.25) is 0 Å². The predicted octanol–water partition coefficient (Wildman–Crippen LogP) is 1.55. The van der Waals surface area contributed by atoms with E-state index in [0.717, 1.165) is 0 Å². The van der Waals surface area contributed by atoms with E-state index in [4.69, 9.17) is 4.74 Å². The highest BCUT2D eigenvalue weighted by atomic mass is 16.6. The van der Waals surface area contributed by atoms with Gasteiger partial charge in [-0.15, -0.1) is 0 Å². The van der Waals surface area contributed by atoms with Gasteiger partial charge in [0.2, 0.25) is 0 Å². The molecule has 3 nitrogen and oxygen atoms in total. The van der Waals surface area contributed by atoms with E-state index in [1.165, 1.54) is 0 Å². The quantitative estimate of drug-likeness (QED) is 0.458. The Hall–Kier alpha value is -0.860. The summed E-state index contributed by atoms with van der Waals surface area (Å²) in [5.74, 6) is -0.934. The molecular weight excluding hydrogens is 168 g/mol. The number of hydrogen-bond donors (Lipinski definition) is 0. The van der Waals surface area contributed by atoms with Crippen molar-refractivity contribution in [3.63, 3.8) is 0 Å². The Bertz CT molecular complexity index is 258. The third-order valence-corrected chi connectivity index (χ3v) is 2.18. The zero-order valence-corrected chi connectivity index (χ0v) is 8.80. The maximum Gasteiger partial charge on any atom is 0.318 e. The summed E-state index contributed by atoms with van der Waals surface area (Å²) in [6, 6.07) is 0. The normalized spacial score (nSPS) is 25.6. The van der Waals surface area contributed by atoms with Gasteiger partial charge in [0.05, 0.1) is 0 Å². The summed E-state index contributed by atoms with van der Waals surface area (Å²) in [5.41, 5.74) is -1.00. The minimum absolute atomic E-state index is 0.0123. The van der Waals surface area contributed by atoms with Gasteiger partial charge < -0.3 is 4.74 Å². The van der Waals surface area contributed by atoms with Gasteiger partial charge in [-0.2, -0.15) is 0 Å². The van der Waals surface area contributed by atoms with Crippen LogP contribution in [0.25, 0.3) is 0 Å². The molecule has 1 atom stereocenters. The fourth-order valence-corrected chi connectivity index (χ4v) is 1.27. The van der Waals surface area contributed by atoms with Crippen molar-refractivity contribution in [2.45, 2.75) is 40.2 Å². The Kier molecular flexibility index (Phi) is 2.02. The van der Waals surface area contributed by atoms with Crippen molar-refractivity contribution >= 4 is 11.8 Å². The number of carbonyl (C=O) groups excluding carboxylic acids is 2. The summed E-state index contributed by atoms with van der Waals surface area (Å²) in [6.45, 7) is 8.92. The molecule has 0 aromatic rings. The predicted molar refractivity (Wildman–Crippen MR) is 48.1 cm³/mol. The van der Waals surface area contributed by atoms with E-state index in [1.807, 2.05) is 0 Å². The largest absolute Gasteiger partial charge is 0.459 e. The summed E-state index contributed by atoms with van der Waals surface area (Å²) < 4.78 is 5.11. The third kappa shape index (κ3) is 1.90. The molecule has 74 valence electrons. The fraction of sp³-hybridized carbons (Fsp3) is 0.800. The molecule has 0 spiro atoms. The van der Waals surface area contributed by atoms with Gasteiger partial charge in [0, 0.05) is 5.41 Å². The molecule has 1 rings (SSSR count). The minimum Gasteiger partial charge on any atom is -0.459 e. The molecule has 0 bridgehead atoms. The van der Waals surface area contributed by atoms with Crippen LogP contribution in [-0.4, -0.2) is 17.4 Å². The van der Waals surface area contributed by atoms with Gasteiger partial charge in [-0.05, 0) is 20.8 Å². The number of ether oxygens (including phenoxy) is 1. The monoisotopic (exact) mass is 184 g/mol. The summed E-state index contributed by atoms with van der Waals surface area (Å²) in [6.07, 6.45) is 0. The average molecular weight is 184 g/mol. The van der Waals surface area contributed by atoms with E-state index in [-0.39, 0.29) is 11.8 Å². The number of hydrogen-bond acceptors (Lipinski definition) is 3. The highest BCUT2D eigenvalue weighted by Gasteiger charge is 2.63. The minimum atomic E-state index is -0.535. The number of esters is 1. The first-order chi connectivity index (χ1) is 5.66. The number of ketones is 1. The van der Waals surface area contributed by atoms with Gasteiger partial charge in [-0.25, -0.2) is 0 Å². The molecule has 1 aliphatic carbocycles. The standard InChI is InChI=1S/C10H16O3/c1-9(2,3)13-8(12)6-7(11)10(6,4)5/h6H,1-5H3/t6-/m1/s1. The van der Waals surface area contributed by atoms with Crippen molar-refractivity contribution in [2.75, 3.05) is 0 Å². The number of carbonyl (C=O) groups is 2. The topological polar surface area (TPSA) is 43.4 Å². The summed E-state index contributed by atoms with van der Waals surface area (Å²) in [5, 5.41) is 0.